The van der Waals surface area contributed by atoms with Crippen molar-refractivity contribution in [2.75, 3.05) is 32.9 Å². The summed E-state index contributed by atoms with van der Waals surface area (Å²) in [6.07, 6.45) is 2.32. The fourth-order valence-electron chi connectivity index (χ4n) is 5.55. The summed E-state index contributed by atoms with van der Waals surface area (Å²) >= 11 is 0. The van der Waals surface area contributed by atoms with Crippen LogP contribution in [0.3, 0.4) is 0 Å². The first kappa shape index (κ1) is 33.6. The van der Waals surface area contributed by atoms with Gasteiger partial charge in [-0.1, -0.05) is 78.9 Å². The number of nitrogens with one attached hydrogen (secondary N) is 2. The fourth-order valence-corrected chi connectivity index (χ4v) is 5.55. The molecule has 0 aromatic heterocycles. The number of ether oxygens (including phenoxy) is 4. The maximum absolute atomic E-state index is 13.7. The van der Waals surface area contributed by atoms with E-state index in [1.165, 1.54) is 6.26 Å². The minimum atomic E-state index is -1.35. The first-order valence-corrected chi connectivity index (χ1v) is 15.5. The molecule has 2 aliphatic rings. The van der Waals surface area contributed by atoms with Crippen LogP contribution < -0.4 is 10.6 Å². The zero-order valence-corrected chi connectivity index (χ0v) is 25.7. The van der Waals surface area contributed by atoms with Crippen LogP contribution >= 0.6 is 0 Å². The molecule has 4 N–H and O–H groups in total. The second-order valence-corrected chi connectivity index (χ2v) is 10.9. The zero-order chi connectivity index (χ0) is 33.1. The van der Waals surface area contributed by atoms with E-state index in [1.807, 2.05) is 60.7 Å². The molecule has 0 saturated carbocycles. The number of hydrogen-bond acceptors (Lipinski definition) is 9. The summed E-state index contributed by atoms with van der Waals surface area (Å²) in [7, 11) is 0. The first-order chi connectivity index (χ1) is 22.9. The topological polar surface area (TPSA) is 153 Å². The van der Waals surface area contributed by atoms with Crippen LogP contribution in [0.15, 0.2) is 103 Å². The van der Waals surface area contributed by atoms with E-state index in [9.17, 15) is 14.4 Å². The number of esters is 1. The lowest BCUT2D eigenvalue weighted by Gasteiger charge is -2.31. The van der Waals surface area contributed by atoms with E-state index in [0.29, 0.717) is 11.1 Å². The second-order valence-electron chi connectivity index (χ2n) is 10.9. The summed E-state index contributed by atoms with van der Waals surface area (Å²) in [5.74, 6) is -2.70. The van der Waals surface area contributed by atoms with Crippen LogP contribution in [0.1, 0.15) is 39.9 Å². The molecule has 246 valence electrons. The van der Waals surface area contributed by atoms with Gasteiger partial charge >= 0.3 is 5.97 Å². The minimum Gasteiger partial charge on any atom is -0.499 e. The van der Waals surface area contributed by atoms with Crippen LogP contribution in [-0.4, -0.2) is 79.2 Å². The molecule has 3 aromatic carbocycles. The van der Waals surface area contributed by atoms with Gasteiger partial charge in [0.25, 0.3) is 0 Å². The molecule has 1 fully saturated rings. The predicted molar refractivity (Wildman–Crippen MR) is 172 cm³/mol. The monoisotopic (exact) mass is 642 g/mol. The van der Waals surface area contributed by atoms with Gasteiger partial charge in [-0.05, 0) is 23.8 Å². The van der Waals surface area contributed by atoms with Crippen molar-refractivity contribution >= 4 is 23.9 Å². The van der Waals surface area contributed by atoms with Crippen LogP contribution in [-0.2, 0) is 34.3 Å². The number of carbonyl (C=O) groups is 3. The first-order valence-electron chi connectivity index (χ1n) is 15.5. The molecule has 5 rings (SSSR count). The van der Waals surface area contributed by atoms with E-state index in [-0.39, 0.29) is 57.2 Å². The molecule has 11 heteroatoms. The lowest BCUT2D eigenvalue weighted by molar-refractivity contribution is -0.157. The average Bonchev–Trinajstić information content (AvgIpc) is 3.51. The second kappa shape index (κ2) is 16.1. The highest BCUT2D eigenvalue weighted by Crippen LogP contribution is 2.47. The van der Waals surface area contributed by atoms with E-state index < -0.39 is 36.0 Å². The van der Waals surface area contributed by atoms with Gasteiger partial charge in [-0.2, -0.15) is 0 Å². The average molecular weight is 643 g/mol. The number of carbonyl (C=O) groups excluding carboxylic acids is 3. The van der Waals surface area contributed by atoms with Gasteiger partial charge in [0.2, 0.25) is 17.6 Å². The predicted octanol–water partition coefficient (Wildman–Crippen LogP) is 2.82. The number of benzene rings is 3. The lowest BCUT2D eigenvalue weighted by atomic mass is 9.91. The molecule has 3 aromatic rings. The van der Waals surface area contributed by atoms with E-state index in [1.54, 1.807) is 36.4 Å². The number of aliphatic hydroxyl groups is 2. The number of amides is 2. The summed E-state index contributed by atoms with van der Waals surface area (Å²) in [6.45, 7) is -0.0137. The molecule has 47 heavy (non-hydrogen) atoms. The Bertz CT molecular complexity index is 1540. The molecule has 2 amide bonds. The molecule has 1 saturated heterocycles. The molecule has 0 bridgehead atoms. The van der Waals surface area contributed by atoms with Crippen molar-refractivity contribution in [1.29, 1.82) is 0 Å². The minimum absolute atomic E-state index is 0.0283. The summed E-state index contributed by atoms with van der Waals surface area (Å²) in [5, 5.41) is 23.2. The van der Waals surface area contributed by atoms with Gasteiger partial charge in [0, 0.05) is 42.6 Å². The molecule has 0 spiro atoms. The van der Waals surface area contributed by atoms with Gasteiger partial charge in [-0.3, -0.25) is 9.59 Å². The van der Waals surface area contributed by atoms with Crippen molar-refractivity contribution in [3.63, 3.8) is 0 Å². The largest absolute Gasteiger partial charge is 0.499 e. The normalized spacial score (nSPS) is 19.8. The molecule has 3 atom stereocenters. The van der Waals surface area contributed by atoms with Gasteiger partial charge in [0.05, 0.1) is 25.0 Å². The van der Waals surface area contributed by atoms with E-state index in [0.717, 1.165) is 11.1 Å². The highest BCUT2D eigenvalue weighted by molar-refractivity contribution is 5.95. The summed E-state index contributed by atoms with van der Waals surface area (Å²) in [6, 6.07) is 25.7. The van der Waals surface area contributed by atoms with Crippen molar-refractivity contribution in [2.45, 2.75) is 36.9 Å². The third-order valence-corrected chi connectivity index (χ3v) is 7.74. The highest BCUT2D eigenvalue weighted by atomic mass is 16.8. The Morgan fingerprint density at radius 2 is 1.53 bits per heavy atom. The zero-order valence-electron chi connectivity index (χ0n) is 25.7. The number of hydrogen-bond donors (Lipinski definition) is 4. The highest BCUT2D eigenvalue weighted by Gasteiger charge is 2.55. The Balaban J connectivity index is 1.44. The fraction of sp³-hybridized carbons (Fsp3) is 0.306. The smallest absolute Gasteiger partial charge is 0.339 e. The standard InChI is InChI=1S/C36H38N2O9/c39-19-18-37-32(41)15-17-38-34(42)26-23-30(45-35(43)29-14-8-7-9-25(29)16-21-44-22-20-40)33-31(24-26)46-36(47-33,27-10-3-1-4-11-27)28-12-5-2-6-13-28/h1-14,16,21,24,30-31,33,39-40H,15,17-20,22-23H2,(H,37,41)(H,38,42)/t30-,31-,33+/m1/s1. The third-order valence-electron chi connectivity index (χ3n) is 7.74. The van der Waals surface area contributed by atoms with Crippen LogP contribution in [0.25, 0.3) is 6.08 Å². The molecule has 1 aliphatic carbocycles. The van der Waals surface area contributed by atoms with Gasteiger partial charge in [-0.25, -0.2) is 4.79 Å². The number of aliphatic hydroxyl groups excluding tert-OH is 2. The Morgan fingerprint density at radius 3 is 2.21 bits per heavy atom. The van der Waals surface area contributed by atoms with Crippen molar-refractivity contribution < 1.29 is 43.5 Å². The SMILES string of the molecule is O=C(CCNC(=O)C1=C[C@H]2OC(c3ccccc3)(c3ccccc3)O[C@H]2[C@H](OC(=O)c2ccccc2C=COCCO)C1)NCCO. The van der Waals surface area contributed by atoms with Crippen molar-refractivity contribution in [3.8, 4) is 0 Å². The maximum atomic E-state index is 13.7. The van der Waals surface area contributed by atoms with Crippen LogP contribution in [0.5, 0.6) is 0 Å². The Labute approximate surface area is 272 Å². The van der Waals surface area contributed by atoms with Crippen molar-refractivity contribution in [1.82, 2.24) is 10.6 Å². The molecule has 1 aliphatic heterocycles. The molecule has 0 unspecified atom stereocenters. The lowest BCUT2D eigenvalue weighted by Crippen LogP contribution is -2.44. The van der Waals surface area contributed by atoms with Crippen LogP contribution in [0.4, 0.5) is 0 Å². The van der Waals surface area contributed by atoms with E-state index in [4.69, 9.17) is 29.2 Å². The molecule has 1 heterocycles. The van der Waals surface area contributed by atoms with Gasteiger partial charge in [0.1, 0.15) is 24.9 Å². The van der Waals surface area contributed by atoms with Crippen LogP contribution in [0.2, 0.25) is 0 Å². The van der Waals surface area contributed by atoms with E-state index >= 15 is 0 Å². The van der Waals surface area contributed by atoms with Crippen molar-refractivity contribution in [2.24, 2.45) is 0 Å². The Kier molecular flexibility index (Phi) is 11.5. The van der Waals surface area contributed by atoms with E-state index in [2.05, 4.69) is 10.6 Å². The van der Waals surface area contributed by atoms with Gasteiger partial charge in [0.15, 0.2) is 0 Å². The molecule has 0 radical (unpaired) electrons. The van der Waals surface area contributed by atoms with Gasteiger partial charge in [-0.15, -0.1) is 0 Å². The molecule has 11 nitrogen and oxygen atoms in total. The Hall–Kier alpha value is -4.81. The third kappa shape index (κ3) is 8.13. The Morgan fingerprint density at radius 1 is 0.851 bits per heavy atom. The summed E-state index contributed by atoms with van der Waals surface area (Å²) in [5.41, 5.74) is 2.61. The maximum Gasteiger partial charge on any atom is 0.339 e. The molecular weight excluding hydrogens is 604 g/mol. The van der Waals surface area contributed by atoms with Crippen LogP contribution in [0, 0.1) is 0 Å². The summed E-state index contributed by atoms with van der Waals surface area (Å²) < 4.78 is 24.8. The summed E-state index contributed by atoms with van der Waals surface area (Å²) in [4.78, 5) is 39.1. The quantitative estimate of drug-likeness (QED) is 0.118. The number of fused-ring (bicyclic) bond motifs is 1. The van der Waals surface area contributed by atoms with Gasteiger partial charge < -0.3 is 39.8 Å². The molecular formula is C36H38N2O9. The number of rotatable bonds is 14. The van der Waals surface area contributed by atoms with Crippen molar-refractivity contribution in [3.05, 3.63) is 125 Å².